The molecule has 152 valence electrons. The molecule has 5 heteroatoms. The molecule has 2 aliphatic rings. The van der Waals surface area contributed by atoms with E-state index in [0.29, 0.717) is 5.02 Å². The van der Waals surface area contributed by atoms with Crippen LogP contribution in [-0.2, 0) is 0 Å². The number of nitrogens with zero attached hydrogens (tertiary/aromatic N) is 2. The highest BCUT2D eigenvalue weighted by molar-refractivity contribution is 9.10. The predicted octanol–water partition coefficient (Wildman–Crippen LogP) is 7.50. The van der Waals surface area contributed by atoms with E-state index in [1.54, 1.807) is 0 Å². The highest BCUT2D eigenvalue weighted by Gasteiger charge is 2.41. The fraction of sp³-hybridized carbons (Fsp3) is 0.115. The van der Waals surface area contributed by atoms with Gasteiger partial charge in [-0.2, -0.15) is 5.10 Å². The third-order valence-corrected chi connectivity index (χ3v) is 6.70. The van der Waals surface area contributed by atoms with Crippen molar-refractivity contribution in [3.63, 3.8) is 0 Å². The van der Waals surface area contributed by atoms with E-state index in [-0.39, 0.29) is 12.3 Å². The van der Waals surface area contributed by atoms with Gasteiger partial charge in [-0.1, -0.05) is 76.1 Å². The van der Waals surface area contributed by atoms with Crippen molar-refractivity contribution < 1.29 is 4.74 Å². The van der Waals surface area contributed by atoms with Crippen LogP contribution in [0.4, 0.5) is 0 Å². The van der Waals surface area contributed by atoms with Gasteiger partial charge in [0.15, 0.2) is 0 Å². The van der Waals surface area contributed by atoms with Crippen molar-refractivity contribution in [2.75, 3.05) is 0 Å². The van der Waals surface area contributed by atoms with Gasteiger partial charge >= 0.3 is 0 Å². The summed E-state index contributed by atoms with van der Waals surface area (Å²) in [6.45, 7) is 0. The van der Waals surface area contributed by atoms with Crippen molar-refractivity contribution in [1.82, 2.24) is 5.01 Å². The van der Waals surface area contributed by atoms with Crippen LogP contribution in [0.2, 0.25) is 5.02 Å². The number of hydrogen-bond acceptors (Lipinski definition) is 3. The Balaban J connectivity index is 1.46. The van der Waals surface area contributed by atoms with E-state index in [9.17, 15) is 0 Å². The molecule has 0 radical (unpaired) electrons. The molecule has 0 N–H and O–H groups in total. The van der Waals surface area contributed by atoms with Gasteiger partial charge in [-0.05, 0) is 52.7 Å². The molecule has 6 rings (SSSR count). The van der Waals surface area contributed by atoms with Crippen molar-refractivity contribution >= 4 is 44.0 Å². The highest BCUT2D eigenvalue weighted by atomic mass is 79.9. The Hall–Kier alpha value is -2.82. The third kappa shape index (κ3) is 3.31. The molecule has 4 aromatic carbocycles. The van der Waals surface area contributed by atoms with E-state index in [0.717, 1.165) is 39.0 Å². The van der Waals surface area contributed by atoms with Crippen LogP contribution in [0, 0.1) is 0 Å². The Morgan fingerprint density at radius 1 is 0.903 bits per heavy atom. The van der Waals surface area contributed by atoms with Crippen LogP contribution in [0.25, 0.3) is 10.8 Å². The van der Waals surface area contributed by atoms with Gasteiger partial charge in [0.05, 0.1) is 11.8 Å². The van der Waals surface area contributed by atoms with Gasteiger partial charge in [0.25, 0.3) is 0 Å². The van der Waals surface area contributed by atoms with Crippen LogP contribution in [0.15, 0.2) is 94.5 Å². The van der Waals surface area contributed by atoms with Crippen LogP contribution in [0.5, 0.6) is 5.75 Å². The van der Waals surface area contributed by atoms with Gasteiger partial charge in [0.2, 0.25) is 6.23 Å². The third-order valence-electron chi connectivity index (χ3n) is 5.97. The first-order chi connectivity index (χ1) is 15.2. The molecule has 0 aromatic heterocycles. The molecule has 2 aliphatic heterocycles. The molecule has 0 saturated carbocycles. The van der Waals surface area contributed by atoms with Gasteiger partial charge < -0.3 is 4.74 Å². The Bertz CT molecular complexity index is 1350. The highest BCUT2D eigenvalue weighted by Crippen LogP contribution is 2.48. The number of halogens is 2. The number of rotatable bonds is 2. The molecule has 2 unspecified atom stereocenters. The summed E-state index contributed by atoms with van der Waals surface area (Å²) < 4.78 is 7.47. The van der Waals surface area contributed by atoms with Gasteiger partial charge in [-0.15, -0.1) is 0 Å². The molecule has 0 bridgehead atoms. The second kappa shape index (κ2) is 7.40. The fourth-order valence-electron chi connectivity index (χ4n) is 4.48. The van der Waals surface area contributed by atoms with Crippen molar-refractivity contribution in [2.45, 2.75) is 18.7 Å². The topological polar surface area (TPSA) is 24.8 Å². The van der Waals surface area contributed by atoms with Crippen molar-refractivity contribution in [3.8, 4) is 5.75 Å². The fourth-order valence-corrected chi connectivity index (χ4v) is 5.06. The SMILES string of the molecule is Clc1cccc(C2Oc3ccc(Br)cc3C3CC(c4ccc5ccccc5c4)=NN32)c1. The van der Waals surface area contributed by atoms with Gasteiger partial charge in [-0.25, -0.2) is 5.01 Å². The molecular weight excluding hydrogens is 472 g/mol. The molecule has 0 saturated heterocycles. The second-order valence-electron chi connectivity index (χ2n) is 7.92. The second-order valence-corrected chi connectivity index (χ2v) is 9.27. The average molecular weight is 490 g/mol. The lowest BCUT2D eigenvalue weighted by molar-refractivity contribution is -0.0190. The first kappa shape index (κ1) is 18.9. The lowest BCUT2D eigenvalue weighted by atomic mass is 9.95. The lowest BCUT2D eigenvalue weighted by Crippen LogP contribution is -2.33. The van der Waals surface area contributed by atoms with Crippen molar-refractivity contribution in [3.05, 3.63) is 111 Å². The maximum atomic E-state index is 6.44. The standard InChI is InChI=1S/C26H18BrClN2O/c27-20-10-11-25-22(14-20)24-15-23(18-9-8-16-4-1-2-5-17(16)12-18)29-30(24)26(31-25)19-6-3-7-21(28)13-19/h1-14,24,26H,15H2. The summed E-state index contributed by atoms with van der Waals surface area (Å²) in [6, 6.07) is 29.1. The zero-order valence-electron chi connectivity index (χ0n) is 16.5. The largest absolute Gasteiger partial charge is 0.464 e. The molecule has 2 atom stereocenters. The molecule has 2 heterocycles. The number of hydrogen-bond donors (Lipinski definition) is 0. The average Bonchev–Trinajstić information content (AvgIpc) is 3.24. The summed E-state index contributed by atoms with van der Waals surface area (Å²) in [5, 5.41) is 10.3. The normalized spacial score (nSPS) is 19.5. The Kier molecular flexibility index (Phi) is 4.51. The molecule has 0 amide bonds. The maximum Gasteiger partial charge on any atom is 0.213 e. The monoisotopic (exact) mass is 488 g/mol. The summed E-state index contributed by atoms with van der Waals surface area (Å²) in [5.74, 6) is 0.893. The van der Waals surface area contributed by atoms with E-state index in [1.807, 2.05) is 36.4 Å². The Morgan fingerprint density at radius 3 is 2.65 bits per heavy atom. The maximum absolute atomic E-state index is 6.44. The quantitative estimate of drug-likeness (QED) is 0.291. The summed E-state index contributed by atoms with van der Waals surface area (Å²) in [7, 11) is 0. The molecular formula is C26H18BrClN2O. The summed E-state index contributed by atoms with van der Waals surface area (Å²) in [6.07, 6.45) is 0.498. The summed E-state index contributed by atoms with van der Waals surface area (Å²) >= 11 is 9.91. The van der Waals surface area contributed by atoms with Crippen molar-refractivity contribution in [1.29, 1.82) is 0 Å². The number of ether oxygens (including phenoxy) is 1. The minimum atomic E-state index is -0.324. The smallest absolute Gasteiger partial charge is 0.213 e. The lowest BCUT2D eigenvalue weighted by Gasteiger charge is -2.38. The minimum absolute atomic E-state index is 0.103. The number of hydrazone groups is 1. The first-order valence-corrected chi connectivity index (χ1v) is 11.4. The summed E-state index contributed by atoms with van der Waals surface area (Å²) in [4.78, 5) is 0. The molecule has 0 aliphatic carbocycles. The van der Waals surface area contributed by atoms with Gasteiger partial charge in [-0.3, -0.25) is 0 Å². The molecule has 4 aromatic rings. The van der Waals surface area contributed by atoms with E-state index in [2.05, 4.69) is 69.5 Å². The summed E-state index contributed by atoms with van der Waals surface area (Å²) in [5.41, 5.74) is 4.36. The first-order valence-electron chi connectivity index (χ1n) is 10.2. The van der Waals surface area contributed by atoms with Gasteiger partial charge in [0.1, 0.15) is 5.75 Å². The molecule has 31 heavy (non-hydrogen) atoms. The van der Waals surface area contributed by atoms with E-state index in [1.165, 1.54) is 10.8 Å². The molecule has 0 spiro atoms. The molecule has 3 nitrogen and oxygen atoms in total. The van der Waals surface area contributed by atoms with Crippen LogP contribution < -0.4 is 4.74 Å². The Labute approximate surface area is 194 Å². The van der Waals surface area contributed by atoms with Gasteiger partial charge in [0, 0.05) is 27.0 Å². The van der Waals surface area contributed by atoms with E-state index in [4.69, 9.17) is 21.4 Å². The minimum Gasteiger partial charge on any atom is -0.464 e. The van der Waals surface area contributed by atoms with Crippen LogP contribution in [0.3, 0.4) is 0 Å². The predicted molar refractivity (Wildman–Crippen MR) is 129 cm³/mol. The van der Waals surface area contributed by atoms with E-state index >= 15 is 0 Å². The zero-order chi connectivity index (χ0) is 20.9. The number of benzene rings is 4. The van der Waals surface area contributed by atoms with E-state index < -0.39 is 0 Å². The van der Waals surface area contributed by atoms with Crippen LogP contribution in [-0.4, -0.2) is 10.7 Å². The molecule has 0 fully saturated rings. The van der Waals surface area contributed by atoms with Crippen molar-refractivity contribution in [2.24, 2.45) is 5.10 Å². The Morgan fingerprint density at radius 2 is 1.77 bits per heavy atom. The van der Waals surface area contributed by atoms with Crippen LogP contribution >= 0.6 is 27.5 Å². The van der Waals surface area contributed by atoms with Crippen LogP contribution in [0.1, 0.15) is 35.4 Å². The zero-order valence-corrected chi connectivity index (χ0v) is 18.8. The number of fused-ring (bicyclic) bond motifs is 4.